The number of rotatable bonds is 3. The Balaban J connectivity index is 1.86. The Morgan fingerprint density at radius 1 is 1.21 bits per heavy atom. The maximum atomic E-state index is 4.83. The molecule has 1 aliphatic carbocycles. The maximum absolute atomic E-state index is 4.83. The maximum Gasteiger partial charge on any atom is 0.0581 e. The van der Waals surface area contributed by atoms with Crippen LogP contribution in [0.15, 0.2) is 18.2 Å². The van der Waals surface area contributed by atoms with Crippen LogP contribution in [0, 0.1) is 12.8 Å². The molecule has 1 saturated carbocycles. The minimum absolute atomic E-state index is 0.546. The minimum Gasteiger partial charge on any atom is -0.314 e. The predicted octanol–water partition coefficient (Wildman–Crippen LogP) is 2.53. The van der Waals surface area contributed by atoms with Crippen LogP contribution in [0.2, 0.25) is 0 Å². The second-order valence-electron chi connectivity index (χ2n) is 5.98. The van der Waals surface area contributed by atoms with E-state index in [0.29, 0.717) is 6.04 Å². The predicted molar refractivity (Wildman–Crippen MR) is 78.1 cm³/mol. The lowest BCUT2D eigenvalue weighted by Crippen LogP contribution is -2.46. The van der Waals surface area contributed by atoms with Gasteiger partial charge in [-0.2, -0.15) is 0 Å². The Bertz CT molecular complexity index is 406. The fraction of sp³-hybridized carbons (Fsp3) is 0.688. The summed E-state index contributed by atoms with van der Waals surface area (Å²) in [6.07, 6.45) is 5.56. The molecule has 1 saturated heterocycles. The lowest BCUT2D eigenvalue weighted by Gasteiger charge is -2.38. The quantitative estimate of drug-likeness (QED) is 0.904. The van der Waals surface area contributed by atoms with Crippen molar-refractivity contribution in [2.75, 3.05) is 26.2 Å². The van der Waals surface area contributed by atoms with Gasteiger partial charge in [0.15, 0.2) is 0 Å². The summed E-state index contributed by atoms with van der Waals surface area (Å²) in [6.45, 7) is 6.67. The molecule has 1 N–H and O–H groups in total. The molecule has 2 aliphatic rings. The van der Waals surface area contributed by atoms with Gasteiger partial charge in [0, 0.05) is 31.9 Å². The van der Waals surface area contributed by atoms with E-state index in [1.807, 2.05) is 0 Å². The molecular weight excluding hydrogens is 234 g/mol. The SMILES string of the molecule is Cc1cccc([C@H](C2CCCC2)N2CCNCC2)n1. The minimum atomic E-state index is 0.546. The van der Waals surface area contributed by atoms with Gasteiger partial charge in [0.2, 0.25) is 0 Å². The van der Waals surface area contributed by atoms with Crippen LogP contribution < -0.4 is 5.32 Å². The summed E-state index contributed by atoms with van der Waals surface area (Å²) >= 11 is 0. The number of aromatic nitrogens is 1. The second kappa shape index (κ2) is 6.02. The molecule has 1 aliphatic heterocycles. The highest BCUT2D eigenvalue weighted by Gasteiger charge is 2.32. The van der Waals surface area contributed by atoms with Gasteiger partial charge in [-0.1, -0.05) is 18.9 Å². The molecule has 3 nitrogen and oxygen atoms in total. The molecule has 1 aromatic rings. The summed E-state index contributed by atoms with van der Waals surface area (Å²) < 4.78 is 0. The van der Waals surface area contributed by atoms with E-state index in [2.05, 4.69) is 35.3 Å². The number of aryl methyl sites for hydroxylation is 1. The molecule has 0 radical (unpaired) electrons. The van der Waals surface area contributed by atoms with Crippen LogP contribution in [-0.4, -0.2) is 36.1 Å². The van der Waals surface area contributed by atoms with Crippen molar-refractivity contribution in [2.45, 2.75) is 38.6 Å². The van der Waals surface area contributed by atoms with E-state index in [1.54, 1.807) is 0 Å². The Morgan fingerprint density at radius 3 is 2.63 bits per heavy atom. The average molecular weight is 259 g/mol. The van der Waals surface area contributed by atoms with Crippen molar-refractivity contribution < 1.29 is 0 Å². The van der Waals surface area contributed by atoms with Gasteiger partial charge in [-0.15, -0.1) is 0 Å². The first-order chi connectivity index (χ1) is 9.34. The molecule has 0 spiro atoms. The smallest absolute Gasteiger partial charge is 0.0581 e. The number of hydrogen-bond donors (Lipinski definition) is 1. The molecule has 0 amide bonds. The zero-order chi connectivity index (χ0) is 13.1. The monoisotopic (exact) mass is 259 g/mol. The van der Waals surface area contributed by atoms with Gasteiger partial charge in [-0.25, -0.2) is 0 Å². The van der Waals surface area contributed by atoms with E-state index < -0.39 is 0 Å². The third kappa shape index (κ3) is 2.98. The molecule has 104 valence electrons. The van der Waals surface area contributed by atoms with E-state index in [-0.39, 0.29) is 0 Å². The first-order valence-corrected chi connectivity index (χ1v) is 7.73. The zero-order valence-electron chi connectivity index (χ0n) is 11.9. The normalized spacial score (nSPS) is 23.6. The first-order valence-electron chi connectivity index (χ1n) is 7.73. The molecule has 1 atom stereocenters. The fourth-order valence-electron chi connectivity index (χ4n) is 3.69. The van der Waals surface area contributed by atoms with E-state index in [0.717, 1.165) is 37.8 Å². The van der Waals surface area contributed by atoms with Crippen LogP contribution >= 0.6 is 0 Å². The van der Waals surface area contributed by atoms with Gasteiger partial charge in [0.05, 0.1) is 11.7 Å². The molecule has 2 heterocycles. The molecule has 1 aromatic heterocycles. The highest BCUT2D eigenvalue weighted by molar-refractivity contribution is 5.15. The third-order valence-electron chi connectivity index (χ3n) is 4.60. The highest BCUT2D eigenvalue weighted by Crippen LogP contribution is 2.38. The molecule has 2 fully saturated rings. The van der Waals surface area contributed by atoms with Crippen molar-refractivity contribution in [3.05, 3.63) is 29.6 Å². The van der Waals surface area contributed by atoms with Crippen LogP contribution in [-0.2, 0) is 0 Å². The Labute approximate surface area is 116 Å². The standard InChI is InChI=1S/C16H25N3/c1-13-5-4-8-15(18-13)16(14-6-2-3-7-14)19-11-9-17-10-12-19/h4-5,8,14,16-17H,2-3,6-7,9-12H2,1H3/t16-/m0/s1. The fourth-order valence-corrected chi connectivity index (χ4v) is 3.69. The number of pyridine rings is 1. The summed E-state index contributed by atoms with van der Waals surface area (Å²) in [5.41, 5.74) is 2.45. The number of hydrogen-bond acceptors (Lipinski definition) is 3. The van der Waals surface area contributed by atoms with E-state index >= 15 is 0 Å². The summed E-state index contributed by atoms with van der Waals surface area (Å²) in [4.78, 5) is 7.49. The van der Waals surface area contributed by atoms with Crippen LogP contribution in [0.4, 0.5) is 0 Å². The van der Waals surface area contributed by atoms with Gasteiger partial charge in [-0.3, -0.25) is 9.88 Å². The second-order valence-corrected chi connectivity index (χ2v) is 5.98. The van der Waals surface area contributed by atoms with Crippen LogP contribution in [0.5, 0.6) is 0 Å². The van der Waals surface area contributed by atoms with Crippen molar-refractivity contribution in [2.24, 2.45) is 5.92 Å². The van der Waals surface area contributed by atoms with Crippen molar-refractivity contribution >= 4 is 0 Å². The largest absolute Gasteiger partial charge is 0.314 e. The van der Waals surface area contributed by atoms with Crippen molar-refractivity contribution in [1.29, 1.82) is 0 Å². The van der Waals surface area contributed by atoms with Crippen LogP contribution in [0.1, 0.15) is 43.1 Å². The summed E-state index contributed by atoms with van der Waals surface area (Å²) in [5.74, 6) is 0.812. The van der Waals surface area contributed by atoms with Crippen LogP contribution in [0.25, 0.3) is 0 Å². The molecule has 0 unspecified atom stereocenters. The molecule has 0 aromatic carbocycles. The van der Waals surface area contributed by atoms with E-state index in [4.69, 9.17) is 4.98 Å². The molecule has 19 heavy (non-hydrogen) atoms. The first kappa shape index (κ1) is 13.1. The lowest BCUT2D eigenvalue weighted by atomic mass is 9.92. The third-order valence-corrected chi connectivity index (χ3v) is 4.60. The van der Waals surface area contributed by atoms with Crippen molar-refractivity contribution in [3.63, 3.8) is 0 Å². The topological polar surface area (TPSA) is 28.2 Å². The van der Waals surface area contributed by atoms with Gasteiger partial charge < -0.3 is 5.32 Å². The average Bonchev–Trinajstić information content (AvgIpc) is 2.94. The van der Waals surface area contributed by atoms with Crippen LogP contribution in [0.3, 0.4) is 0 Å². The van der Waals surface area contributed by atoms with Gasteiger partial charge in [0.1, 0.15) is 0 Å². The Morgan fingerprint density at radius 2 is 1.95 bits per heavy atom. The highest BCUT2D eigenvalue weighted by atomic mass is 15.2. The molecule has 3 rings (SSSR count). The van der Waals surface area contributed by atoms with Gasteiger partial charge in [0.25, 0.3) is 0 Å². The van der Waals surface area contributed by atoms with Gasteiger partial charge >= 0.3 is 0 Å². The van der Waals surface area contributed by atoms with E-state index in [9.17, 15) is 0 Å². The molecule has 3 heteroatoms. The Kier molecular flexibility index (Phi) is 4.14. The number of piperazine rings is 1. The number of nitrogens with zero attached hydrogens (tertiary/aromatic N) is 2. The summed E-state index contributed by atoms with van der Waals surface area (Å²) in [5, 5.41) is 3.46. The Hall–Kier alpha value is -0.930. The van der Waals surface area contributed by atoms with Gasteiger partial charge in [-0.05, 0) is 37.8 Å². The van der Waals surface area contributed by atoms with Crippen molar-refractivity contribution in [3.8, 4) is 0 Å². The summed E-state index contributed by atoms with van der Waals surface area (Å²) in [7, 11) is 0. The zero-order valence-corrected chi connectivity index (χ0v) is 11.9. The molecular formula is C16H25N3. The number of nitrogens with one attached hydrogen (secondary N) is 1. The summed E-state index contributed by atoms with van der Waals surface area (Å²) in [6, 6.07) is 7.05. The van der Waals surface area contributed by atoms with Crippen molar-refractivity contribution in [1.82, 2.24) is 15.2 Å². The molecule has 0 bridgehead atoms. The lowest BCUT2D eigenvalue weighted by molar-refractivity contribution is 0.122. The van der Waals surface area contributed by atoms with E-state index in [1.165, 1.54) is 31.4 Å².